The summed E-state index contributed by atoms with van der Waals surface area (Å²) in [7, 11) is 0. The lowest BCUT2D eigenvalue weighted by Crippen LogP contribution is -2.32. The highest BCUT2D eigenvalue weighted by Gasteiger charge is 2.14. The van der Waals surface area contributed by atoms with Crippen molar-refractivity contribution in [3.8, 4) is 0 Å². The fourth-order valence-corrected chi connectivity index (χ4v) is 1.31. The van der Waals surface area contributed by atoms with Crippen molar-refractivity contribution < 1.29 is 13.9 Å². The number of hydrogen-bond donors (Lipinski definition) is 0. The summed E-state index contributed by atoms with van der Waals surface area (Å²) in [4.78, 5) is 16.7. The van der Waals surface area contributed by atoms with Crippen molar-refractivity contribution in [1.82, 2.24) is 4.98 Å². The minimum atomic E-state index is -0.436. The molecule has 0 spiro atoms. The number of carbonyl (C=O) groups excluding carboxylic acids is 1. The Morgan fingerprint density at radius 2 is 2.31 bits per heavy atom. The topological polar surface area (TPSA) is 42.4 Å². The smallest absolute Gasteiger partial charge is 0.325 e. The van der Waals surface area contributed by atoms with Crippen LogP contribution in [0.2, 0.25) is 0 Å². The molecule has 0 aliphatic rings. The van der Waals surface area contributed by atoms with Crippen molar-refractivity contribution in [3.63, 3.8) is 0 Å². The van der Waals surface area contributed by atoms with Crippen molar-refractivity contribution in [1.29, 1.82) is 0 Å². The van der Waals surface area contributed by atoms with Gasteiger partial charge in [0.1, 0.15) is 6.54 Å². The minimum Gasteiger partial charge on any atom is -0.465 e. The van der Waals surface area contributed by atoms with Crippen molar-refractivity contribution >= 4 is 11.8 Å². The van der Waals surface area contributed by atoms with Gasteiger partial charge in [0.25, 0.3) is 0 Å². The number of anilines is 1. The van der Waals surface area contributed by atoms with Crippen LogP contribution in [-0.4, -0.2) is 30.6 Å². The van der Waals surface area contributed by atoms with Crippen LogP contribution in [0.1, 0.15) is 13.8 Å². The van der Waals surface area contributed by atoms with Crippen LogP contribution in [0.5, 0.6) is 0 Å². The molecule has 0 atom stereocenters. The van der Waals surface area contributed by atoms with Gasteiger partial charge in [-0.3, -0.25) is 4.79 Å². The summed E-state index contributed by atoms with van der Waals surface area (Å²) in [5.74, 6) is -0.638. The number of aromatic nitrogens is 1. The van der Waals surface area contributed by atoms with E-state index >= 15 is 0 Å². The highest BCUT2D eigenvalue weighted by Crippen LogP contribution is 2.14. The zero-order valence-corrected chi connectivity index (χ0v) is 9.44. The quantitative estimate of drug-likeness (QED) is 0.715. The van der Waals surface area contributed by atoms with Gasteiger partial charge in [-0.1, -0.05) is 0 Å². The molecule has 5 heteroatoms. The first-order chi connectivity index (χ1) is 7.69. The summed E-state index contributed by atoms with van der Waals surface area (Å²) in [5, 5.41) is 0. The molecule has 0 aliphatic heterocycles. The summed E-state index contributed by atoms with van der Waals surface area (Å²) in [6.45, 7) is 4.38. The Hall–Kier alpha value is -1.65. The average molecular weight is 226 g/mol. The maximum atomic E-state index is 13.4. The molecular formula is C11H15FN2O2. The van der Waals surface area contributed by atoms with Crippen LogP contribution in [0, 0.1) is 5.82 Å². The number of pyridine rings is 1. The number of carbonyl (C=O) groups is 1. The molecule has 0 amide bonds. The molecule has 16 heavy (non-hydrogen) atoms. The van der Waals surface area contributed by atoms with E-state index in [2.05, 4.69) is 4.98 Å². The van der Waals surface area contributed by atoms with Crippen LogP contribution in [0.15, 0.2) is 18.3 Å². The Kier molecular flexibility index (Phi) is 4.69. The molecule has 0 fully saturated rings. The summed E-state index contributed by atoms with van der Waals surface area (Å²) < 4.78 is 18.2. The van der Waals surface area contributed by atoms with Gasteiger partial charge in [0.15, 0.2) is 11.6 Å². The van der Waals surface area contributed by atoms with E-state index in [0.29, 0.717) is 13.2 Å². The Bertz CT molecular complexity index is 358. The Morgan fingerprint density at radius 1 is 1.56 bits per heavy atom. The lowest BCUT2D eigenvalue weighted by atomic mass is 10.4. The van der Waals surface area contributed by atoms with Crippen molar-refractivity contribution in [3.05, 3.63) is 24.1 Å². The Balaban J connectivity index is 2.75. The summed E-state index contributed by atoms with van der Waals surface area (Å²) in [6, 6.07) is 2.83. The molecule has 0 bridgehead atoms. The van der Waals surface area contributed by atoms with Gasteiger partial charge in [-0.25, -0.2) is 9.37 Å². The first-order valence-corrected chi connectivity index (χ1v) is 5.20. The minimum absolute atomic E-state index is 0.0122. The molecule has 0 saturated carbocycles. The van der Waals surface area contributed by atoms with E-state index in [0.717, 1.165) is 0 Å². The number of ether oxygens (including phenoxy) is 1. The maximum Gasteiger partial charge on any atom is 0.325 e. The Labute approximate surface area is 94.0 Å². The van der Waals surface area contributed by atoms with E-state index in [1.54, 1.807) is 6.92 Å². The highest BCUT2D eigenvalue weighted by molar-refractivity contribution is 5.75. The van der Waals surface area contributed by atoms with E-state index in [9.17, 15) is 9.18 Å². The maximum absolute atomic E-state index is 13.4. The summed E-state index contributed by atoms with van der Waals surface area (Å²) in [6.07, 6.45) is 1.49. The fourth-order valence-electron chi connectivity index (χ4n) is 1.31. The fraction of sp³-hybridized carbons (Fsp3) is 0.455. The van der Waals surface area contributed by atoms with E-state index in [-0.39, 0.29) is 18.3 Å². The van der Waals surface area contributed by atoms with Gasteiger partial charge in [-0.2, -0.15) is 0 Å². The second-order valence-corrected chi connectivity index (χ2v) is 3.13. The molecule has 0 unspecified atom stereocenters. The van der Waals surface area contributed by atoms with Crippen LogP contribution < -0.4 is 4.90 Å². The molecule has 0 aromatic carbocycles. The van der Waals surface area contributed by atoms with Crippen molar-refractivity contribution in [2.75, 3.05) is 24.6 Å². The zero-order chi connectivity index (χ0) is 12.0. The third kappa shape index (κ3) is 3.18. The van der Waals surface area contributed by atoms with E-state index in [1.807, 2.05) is 6.92 Å². The normalized spacial score (nSPS) is 9.94. The number of halogens is 1. The van der Waals surface area contributed by atoms with Gasteiger partial charge >= 0.3 is 5.97 Å². The number of rotatable bonds is 5. The molecule has 4 nitrogen and oxygen atoms in total. The molecule has 0 radical (unpaired) electrons. The number of nitrogens with zero attached hydrogens (tertiary/aromatic N) is 2. The lowest BCUT2D eigenvalue weighted by molar-refractivity contribution is -0.141. The van der Waals surface area contributed by atoms with Gasteiger partial charge in [0, 0.05) is 12.7 Å². The largest absolute Gasteiger partial charge is 0.465 e. The van der Waals surface area contributed by atoms with Crippen LogP contribution in [0.4, 0.5) is 10.2 Å². The second-order valence-electron chi connectivity index (χ2n) is 3.13. The molecule has 1 aromatic rings. The van der Waals surface area contributed by atoms with Gasteiger partial charge in [0.05, 0.1) is 6.61 Å². The molecule has 0 saturated heterocycles. The number of hydrogen-bond acceptors (Lipinski definition) is 4. The van der Waals surface area contributed by atoms with Gasteiger partial charge in [-0.15, -0.1) is 0 Å². The molecule has 1 heterocycles. The van der Waals surface area contributed by atoms with E-state index in [1.165, 1.54) is 23.2 Å². The first kappa shape index (κ1) is 12.4. The molecule has 0 aliphatic carbocycles. The predicted molar refractivity (Wildman–Crippen MR) is 58.7 cm³/mol. The monoisotopic (exact) mass is 226 g/mol. The van der Waals surface area contributed by atoms with Crippen molar-refractivity contribution in [2.24, 2.45) is 0 Å². The molecule has 1 rings (SSSR count). The summed E-state index contributed by atoms with van der Waals surface area (Å²) >= 11 is 0. The van der Waals surface area contributed by atoms with E-state index < -0.39 is 5.82 Å². The second kappa shape index (κ2) is 6.05. The standard InChI is InChI=1S/C11H15FN2O2/c1-3-14(8-10(15)16-4-2)11-9(12)6-5-7-13-11/h5-7H,3-4,8H2,1-2H3. The SMILES string of the molecule is CCOC(=O)CN(CC)c1ncccc1F. The molecule has 0 N–H and O–H groups in total. The zero-order valence-electron chi connectivity index (χ0n) is 9.44. The third-order valence-electron chi connectivity index (χ3n) is 2.05. The number of likely N-dealkylation sites (N-methyl/N-ethyl adjacent to an activating group) is 1. The van der Waals surface area contributed by atoms with Gasteiger partial charge in [-0.05, 0) is 26.0 Å². The molecule has 88 valence electrons. The van der Waals surface area contributed by atoms with Crippen molar-refractivity contribution in [2.45, 2.75) is 13.8 Å². The molecular weight excluding hydrogens is 211 g/mol. The third-order valence-corrected chi connectivity index (χ3v) is 2.05. The van der Waals surface area contributed by atoms with Crippen LogP contribution >= 0.6 is 0 Å². The van der Waals surface area contributed by atoms with Crippen LogP contribution in [-0.2, 0) is 9.53 Å². The van der Waals surface area contributed by atoms with E-state index in [4.69, 9.17) is 4.74 Å². The Morgan fingerprint density at radius 3 is 2.88 bits per heavy atom. The number of esters is 1. The highest BCUT2D eigenvalue weighted by atomic mass is 19.1. The van der Waals surface area contributed by atoms with Crippen LogP contribution in [0.3, 0.4) is 0 Å². The van der Waals surface area contributed by atoms with Gasteiger partial charge in [0.2, 0.25) is 0 Å². The lowest BCUT2D eigenvalue weighted by Gasteiger charge is -2.20. The summed E-state index contributed by atoms with van der Waals surface area (Å²) in [5.41, 5.74) is 0. The first-order valence-electron chi connectivity index (χ1n) is 5.20. The van der Waals surface area contributed by atoms with Gasteiger partial charge < -0.3 is 9.64 Å². The molecule has 1 aromatic heterocycles. The average Bonchev–Trinajstić information content (AvgIpc) is 2.27. The van der Waals surface area contributed by atoms with Crippen LogP contribution in [0.25, 0.3) is 0 Å². The predicted octanol–water partition coefficient (Wildman–Crippen LogP) is 1.61.